The summed E-state index contributed by atoms with van der Waals surface area (Å²) in [6, 6.07) is 14.5. The second kappa shape index (κ2) is 12.5. The molecule has 0 unspecified atom stereocenters. The molecule has 1 aliphatic rings. The molecule has 1 saturated heterocycles. The number of nitrogens with one attached hydrogen (secondary N) is 1. The summed E-state index contributed by atoms with van der Waals surface area (Å²) in [5.74, 6) is 0.661. The minimum atomic E-state index is -0.173. The molecule has 168 valence electrons. The van der Waals surface area contributed by atoms with Gasteiger partial charge in [0.2, 0.25) is 0 Å². The normalized spacial score (nSPS) is 14.4. The highest BCUT2D eigenvalue weighted by molar-refractivity contribution is 7.80. The first kappa shape index (κ1) is 23.3. The Hall–Kier alpha value is -2.38. The Morgan fingerprint density at radius 1 is 0.968 bits per heavy atom. The van der Waals surface area contributed by atoms with Crippen LogP contribution in [0.4, 0.5) is 15.8 Å². The maximum atomic E-state index is 13.1. The number of piperazine rings is 1. The highest BCUT2D eigenvalue weighted by Crippen LogP contribution is 2.19. The highest BCUT2D eigenvalue weighted by atomic mass is 32.1. The topological polar surface area (TPSA) is 53.8 Å². The summed E-state index contributed by atoms with van der Waals surface area (Å²) in [5, 5.41) is 3.17. The van der Waals surface area contributed by atoms with Gasteiger partial charge in [0.15, 0.2) is 5.11 Å². The van der Waals surface area contributed by atoms with Crippen molar-refractivity contribution in [3.05, 3.63) is 54.3 Å². The first-order valence-electron chi connectivity index (χ1n) is 11.1. The van der Waals surface area contributed by atoms with E-state index in [1.54, 1.807) is 12.1 Å². The Labute approximate surface area is 190 Å². The molecule has 0 aromatic heterocycles. The summed E-state index contributed by atoms with van der Waals surface area (Å²) in [7, 11) is 0. The van der Waals surface area contributed by atoms with Crippen LogP contribution in [0.25, 0.3) is 0 Å². The van der Waals surface area contributed by atoms with Crippen molar-refractivity contribution in [3.8, 4) is 5.75 Å². The lowest BCUT2D eigenvalue weighted by Crippen LogP contribution is -2.46. The first-order chi connectivity index (χ1) is 15.1. The van der Waals surface area contributed by atoms with E-state index in [9.17, 15) is 4.39 Å². The number of nitrogens with two attached hydrogens (primary N) is 1. The number of rotatable bonds is 11. The van der Waals surface area contributed by atoms with E-state index in [4.69, 9.17) is 22.7 Å². The molecule has 1 fully saturated rings. The molecule has 0 spiro atoms. The van der Waals surface area contributed by atoms with Gasteiger partial charge in [-0.1, -0.05) is 25.3 Å². The molecule has 7 heteroatoms. The Morgan fingerprint density at radius 3 is 2.42 bits per heavy atom. The molecule has 1 aliphatic heterocycles. The van der Waals surface area contributed by atoms with Crippen molar-refractivity contribution in [2.24, 2.45) is 5.73 Å². The third kappa shape index (κ3) is 8.34. The molecule has 2 aromatic carbocycles. The lowest BCUT2D eigenvalue weighted by molar-refractivity contribution is 0.251. The molecule has 0 atom stereocenters. The van der Waals surface area contributed by atoms with Gasteiger partial charge in [0.25, 0.3) is 0 Å². The van der Waals surface area contributed by atoms with Crippen LogP contribution in [0, 0.1) is 5.82 Å². The fraction of sp³-hybridized carbons (Fsp3) is 0.458. The highest BCUT2D eigenvalue weighted by Gasteiger charge is 2.16. The van der Waals surface area contributed by atoms with Gasteiger partial charge >= 0.3 is 0 Å². The van der Waals surface area contributed by atoms with Gasteiger partial charge in [-0.05, 0) is 68.0 Å². The maximum absolute atomic E-state index is 13.1. The van der Waals surface area contributed by atoms with Crippen LogP contribution in [0.15, 0.2) is 48.5 Å². The number of benzene rings is 2. The van der Waals surface area contributed by atoms with E-state index in [0.29, 0.717) is 0 Å². The van der Waals surface area contributed by atoms with Gasteiger partial charge in [0, 0.05) is 43.6 Å². The molecular weight excluding hydrogens is 411 g/mol. The average Bonchev–Trinajstić information content (AvgIpc) is 2.76. The lowest BCUT2D eigenvalue weighted by atomic mass is 10.1. The van der Waals surface area contributed by atoms with Crippen molar-refractivity contribution < 1.29 is 9.13 Å². The predicted octanol–water partition coefficient (Wildman–Crippen LogP) is 4.63. The molecule has 2 aromatic rings. The second-order valence-electron chi connectivity index (χ2n) is 7.94. The summed E-state index contributed by atoms with van der Waals surface area (Å²) in [6.45, 7) is 6.06. The number of hydrogen-bond donors (Lipinski definition) is 2. The van der Waals surface area contributed by atoms with E-state index in [1.807, 2.05) is 36.4 Å². The number of thiocarbonyl (C=S) groups is 1. The molecule has 0 aliphatic carbocycles. The number of hydrogen-bond acceptors (Lipinski definition) is 4. The van der Waals surface area contributed by atoms with Crippen molar-refractivity contribution in [2.75, 3.05) is 49.5 Å². The van der Waals surface area contributed by atoms with E-state index in [0.717, 1.165) is 62.9 Å². The van der Waals surface area contributed by atoms with E-state index in [-0.39, 0.29) is 10.9 Å². The minimum Gasteiger partial charge on any atom is -0.494 e. The summed E-state index contributed by atoms with van der Waals surface area (Å²) < 4.78 is 18.9. The van der Waals surface area contributed by atoms with Crippen molar-refractivity contribution in [1.29, 1.82) is 0 Å². The van der Waals surface area contributed by atoms with Gasteiger partial charge in [-0.25, -0.2) is 4.39 Å². The zero-order valence-electron chi connectivity index (χ0n) is 18.1. The predicted molar refractivity (Wildman–Crippen MR) is 130 cm³/mol. The minimum absolute atomic E-state index is 0.173. The van der Waals surface area contributed by atoms with Crippen molar-refractivity contribution in [3.63, 3.8) is 0 Å². The fourth-order valence-corrected chi connectivity index (χ4v) is 3.96. The molecule has 3 rings (SSSR count). The van der Waals surface area contributed by atoms with Crippen LogP contribution < -0.4 is 20.7 Å². The van der Waals surface area contributed by atoms with Gasteiger partial charge in [0.1, 0.15) is 11.6 Å². The van der Waals surface area contributed by atoms with Crippen LogP contribution in [-0.2, 0) is 0 Å². The zero-order valence-corrected chi connectivity index (χ0v) is 18.9. The lowest BCUT2D eigenvalue weighted by Gasteiger charge is -2.36. The zero-order chi connectivity index (χ0) is 21.9. The monoisotopic (exact) mass is 444 g/mol. The molecule has 3 N–H and O–H groups in total. The van der Waals surface area contributed by atoms with Crippen LogP contribution in [0.3, 0.4) is 0 Å². The van der Waals surface area contributed by atoms with E-state index < -0.39 is 0 Å². The number of anilines is 2. The summed E-state index contributed by atoms with van der Waals surface area (Å²) >= 11 is 4.86. The average molecular weight is 445 g/mol. The van der Waals surface area contributed by atoms with Gasteiger partial charge in [-0.3, -0.25) is 4.90 Å². The van der Waals surface area contributed by atoms with Gasteiger partial charge < -0.3 is 20.7 Å². The third-order valence-corrected chi connectivity index (χ3v) is 5.66. The Kier molecular flexibility index (Phi) is 9.37. The largest absolute Gasteiger partial charge is 0.494 e. The molecule has 5 nitrogen and oxygen atoms in total. The van der Waals surface area contributed by atoms with Gasteiger partial charge in [-0.2, -0.15) is 0 Å². The van der Waals surface area contributed by atoms with Crippen LogP contribution in [0.2, 0.25) is 0 Å². The number of nitrogens with zero attached hydrogens (tertiary/aromatic N) is 2. The quantitative estimate of drug-likeness (QED) is 0.389. The summed E-state index contributed by atoms with van der Waals surface area (Å²) in [5.41, 5.74) is 7.47. The Balaban J connectivity index is 1.20. The summed E-state index contributed by atoms with van der Waals surface area (Å²) in [6.07, 6.45) is 5.98. The number of ether oxygens (including phenoxy) is 1. The number of halogens is 1. The molecule has 1 heterocycles. The van der Waals surface area contributed by atoms with E-state index >= 15 is 0 Å². The molecular formula is C24H33FN4OS. The SMILES string of the molecule is NC(=S)Nc1cccc(OCCCCCCCN2CCN(c3ccc(F)cc3)CC2)c1. The van der Waals surface area contributed by atoms with Crippen LogP contribution >= 0.6 is 12.2 Å². The Morgan fingerprint density at radius 2 is 1.68 bits per heavy atom. The Bertz CT molecular complexity index is 809. The maximum Gasteiger partial charge on any atom is 0.168 e. The third-order valence-electron chi connectivity index (χ3n) is 5.55. The fourth-order valence-electron chi connectivity index (χ4n) is 3.85. The first-order valence-corrected chi connectivity index (χ1v) is 11.5. The van der Waals surface area contributed by atoms with Crippen molar-refractivity contribution in [1.82, 2.24) is 4.90 Å². The van der Waals surface area contributed by atoms with Crippen LogP contribution in [0.1, 0.15) is 32.1 Å². The number of unbranched alkanes of at least 4 members (excludes halogenated alkanes) is 4. The second-order valence-corrected chi connectivity index (χ2v) is 8.38. The van der Waals surface area contributed by atoms with E-state index in [2.05, 4.69) is 15.1 Å². The molecule has 0 saturated carbocycles. The van der Waals surface area contributed by atoms with Gasteiger partial charge in [0.05, 0.1) is 6.61 Å². The smallest absolute Gasteiger partial charge is 0.168 e. The van der Waals surface area contributed by atoms with Crippen LogP contribution in [-0.4, -0.2) is 49.3 Å². The van der Waals surface area contributed by atoms with Crippen molar-refractivity contribution >= 4 is 28.7 Å². The molecule has 0 amide bonds. The van der Waals surface area contributed by atoms with Gasteiger partial charge in [-0.15, -0.1) is 0 Å². The van der Waals surface area contributed by atoms with Crippen LogP contribution in [0.5, 0.6) is 5.75 Å². The summed E-state index contributed by atoms with van der Waals surface area (Å²) in [4.78, 5) is 4.88. The van der Waals surface area contributed by atoms with Crippen molar-refractivity contribution in [2.45, 2.75) is 32.1 Å². The molecule has 0 bridgehead atoms. The molecule has 31 heavy (non-hydrogen) atoms. The standard InChI is InChI=1S/C24H33FN4OS/c25-20-9-11-22(12-10-20)29-16-14-28(15-17-29)13-4-2-1-3-5-18-30-23-8-6-7-21(19-23)27-24(26)31/h6-12,19H,1-5,13-18H2,(H3,26,27,31). The van der Waals surface area contributed by atoms with E-state index in [1.165, 1.54) is 25.7 Å². The molecule has 0 radical (unpaired) electrons.